The molecule has 0 bridgehead atoms. The molecular weight excluding hydrogens is 338 g/mol. The minimum Gasteiger partial charge on any atom is -0.438 e. The molecule has 2 amide bonds. The van der Waals surface area contributed by atoms with Gasteiger partial charge in [-0.05, 0) is 67.2 Å². The number of carbonyl (C=O) groups is 1. The highest BCUT2D eigenvalue weighted by molar-refractivity contribution is 7.75. The maximum Gasteiger partial charge on any atom is 0.322 e. The van der Waals surface area contributed by atoms with E-state index in [9.17, 15) is 9.00 Å². The Balaban J connectivity index is 1.51. The lowest BCUT2D eigenvalue weighted by molar-refractivity contribution is 0.260. The fourth-order valence-corrected chi connectivity index (χ4v) is 4.77. The highest BCUT2D eigenvalue weighted by Gasteiger charge is 2.51. The van der Waals surface area contributed by atoms with Crippen LogP contribution in [0.5, 0.6) is 0 Å². The van der Waals surface area contributed by atoms with Gasteiger partial charge in [0.1, 0.15) is 0 Å². The Morgan fingerprint density at radius 3 is 2.88 bits per heavy atom. The molecule has 0 unspecified atom stereocenters. The van der Waals surface area contributed by atoms with Crippen LogP contribution in [0, 0.1) is 0 Å². The second-order valence-electron chi connectivity index (χ2n) is 7.06. The van der Waals surface area contributed by atoms with Crippen molar-refractivity contribution in [2.24, 2.45) is 4.36 Å². The van der Waals surface area contributed by atoms with Gasteiger partial charge in [-0.15, -0.1) is 10.6 Å². The molecular formula is C17H18N5O2S-. The maximum atomic E-state index is 12.4. The number of carbonyl (C=O) groups excluding carboxylic acids is 1. The molecule has 2 aromatic rings. The van der Waals surface area contributed by atoms with E-state index < -0.39 is 16.6 Å². The molecule has 1 fully saturated rings. The molecule has 5 rings (SSSR count). The molecule has 8 heteroatoms. The summed E-state index contributed by atoms with van der Waals surface area (Å²) in [5.74, 6) is 0. The number of nitrogens with one attached hydrogen (secondary N) is 2. The van der Waals surface area contributed by atoms with Crippen LogP contribution < -0.4 is 5.32 Å². The highest BCUT2D eigenvalue weighted by atomic mass is 32.2. The fourth-order valence-electron chi connectivity index (χ4n) is 4.17. The second kappa shape index (κ2) is 5.39. The van der Waals surface area contributed by atoms with E-state index in [0.717, 1.165) is 49.0 Å². The van der Waals surface area contributed by atoms with Crippen LogP contribution in [-0.2, 0) is 39.5 Å². The molecule has 7 nitrogen and oxygen atoms in total. The van der Waals surface area contributed by atoms with Crippen molar-refractivity contribution in [3.8, 4) is 0 Å². The normalized spacial score (nSPS) is 20.5. The van der Waals surface area contributed by atoms with Crippen molar-refractivity contribution in [1.82, 2.24) is 15.2 Å². The lowest BCUT2D eigenvalue weighted by atomic mass is 10.0. The van der Waals surface area contributed by atoms with Crippen molar-refractivity contribution in [2.75, 3.05) is 5.32 Å². The van der Waals surface area contributed by atoms with E-state index >= 15 is 0 Å². The van der Waals surface area contributed by atoms with Gasteiger partial charge >= 0.3 is 6.03 Å². The highest BCUT2D eigenvalue weighted by Crippen LogP contribution is 2.58. The summed E-state index contributed by atoms with van der Waals surface area (Å²) in [4.78, 5) is 17.3. The standard InChI is InChI=1S/C17H18N5O2S/c23-16(22-25(24)13-5-9-18-21-13)20-14-10-2-1-3-12(10)19-15-11(14)4-6-17(15)7-8-17/h5,9H,1-4,6-8H2,(H,18,21)(H,19,20,23)/q-1. The largest absolute Gasteiger partial charge is 0.438 e. The van der Waals surface area contributed by atoms with E-state index in [0.29, 0.717) is 5.03 Å². The number of amides is 2. The Bertz CT molecular complexity index is 956. The second-order valence-corrected chi connectivity index (χ2v) is 8.19. The number of pyridine rings is 1. The molecule has 1 spiro atoms. The van der Waals surface area contributed by atoms with Gasteiger partial charge in [0.15, 0.2) is 0 Å². The molecule has 130 valence electrons. The van der Waals surface area contributed by atoms with Gasteiger partial charge in [-0.2, -0.15) is 5.10 Å². The number of aromatic amines is 1. The first-order valence-corrected chi connectivity index (χ1v) is 9.76. The van der Waals surface area contributed by atoms with Crippen molar-refractivity contribution >= 4 is 22.3 Å². The van der Waals surface area contributed by atoms with Gasteiger partial charge in [-0.25, -0.2) is 4.79 Å². The summed E-state index contributed by atoms with van der Waals surface area (Å²) in [6.07, 6.45) is 8.94. The van der Waals surface area contributed by atoms with Crippen molar-refractivity contribution in [1.29, 1.82) is 0 Å². The van der Waals surface area contributed by atoms with Crippen LogP contribution in [0.15, 0.2) is 21.7 Å². The third kappa shape index (κ3) is 2.38. The predicted molar refractivity (Wildman–Crippen MR) is 91.8 cm³/mol. The van der Waals surface area contributed by atoms with Gasteiger partial charge in [0.25, 0.3) is 0 Å². The molecule has 0 atom stereocenters. The number of aryl methyl sites for hydroxylation is 1. The quantitative estimate of drug-likeness (QED) is 0.808. The van der Waals surface area contributed by atoms with Crippen LogP contribution in [0.3, 0.4) is 0 Å². The Hall–Kier alpha value is -2.22. The number of hydrogen-bond acceptors (Lipinski definition) is 5. The van der Waals surface area contributed by atoms with Crippen LogP contribution in [0.25, 0.3) is 0 Å². The van der Waals surface area contributed by atoms with Gasteiger partial charge in [0, 0.05) is 17.3 Å². The van der Waals surface area contributed by atoms with E-state index in [1.54, 1.807) is 6.07 Å². The Morgan fingerprint density at radius 2 is 2.12 bits per heavy atom. The Kier molecular flexibility index (Phi) is 3.25. The molecule has 25 heavy (non-hydrogen) atoms. The zero-order valence-electron chi connectivity index (χ0n) is 13.7. The van der Waals surface area contributed by atoms with Crippen LogP contribution in [-0.4, -0.2) is 21.2 Å². The number of rotatable bonds is 2. The van der Waals surface area contributed by atoms with E-state index in [1.165, 1.54) is 30.3 Å². The molecule has 2 heterocycles. The summed E-state index contributed by atoms with van der Waals surface area (Å²) < 4.78 is 15.8. The number of aromatic nitrogens is 3. The third-order valence-corrected chi connectivity index (χ3v) is 6.53. The van der Waals surface area contributed by atoms with Gasteiger partial charge in [-0.1, -0.05) is 0 Å². The van der Waals surface area contributed by atoms with Crippen molar-refractivity contribution in [3.05, 3.63) is 34.8 Å². The minimum atomic E-state index is -1.78. The number of nitrogens with zero attached hydrogens (tertiary/aromatic N) is 3. The summed E-state index contributed by atoms with van der Waals surface area (Å²) in [5, 5.41) is 9.55. The molecule has 2 aromatic heterocycles. The first kappa shape index (κ1) is 15.1. The average molecular weight is 356 g/mol. The monoisotopic (exact) mass is 356 g/mol. The summed E-state index contributed by atoms with van der Waals surface area (Å²) >= 11 is 0. The smallest absolute Gasteiger partial charge is 0.322 e. The van der Waals surface area contributed by atoms with Crippen LogP contribution in [0.1, 0.15) is 48.2 Å². The lowest BCUT2D eigenvalue weighted by Gasteiger charge is -2.16. The van der Waals surface area contributed by atoms with Crippen molar-refractivity contribution < 1.29 is 9.00 Å². The molecule has 3 aliphatic carbocycles. The van der Waals surface area contributed by atoms with Crippen LogP contribution in [0.4, 0.5) is 10.5 Å². The zero-order chi connectivity index (χ0) is 17.0. The first-order chi connectivity index (χ1) is 12.2. The van der Waals surface area contributed by atoms with Crippen LogP contribution in [0.2, 0.25) is 0 Å². The number of H-pyrrole nitrogens is 1. The minimum absolute atomic E-state index is 0.266. The molecule has 0 saturated heterocycles. The van der Waals surface area contributed by atoms with Crippen LogP contribution >= 0.6 is 0 Å². The van der Waals surface area contributed by atoms with Gasteiger partial charge in [0.2, 0.25) is 0 Å². The first-order valence-electron chi connectivity index (χ1n) is 8.65. The topological polar surface area (TPSA) is 100 Å². The van der Waals surface area contributed by atoms with E-state index in [1.807, 2.05) is 0 Å². The van der Waals surface area contributed by atoms with Crippen molar-refractivity contribution in [2.45, 2.75) is 55.4 Å². The maximum absolute atomic E-state index is 12.4. The molecule has 0 aliphatic heterocycles. The van der Waals surface area contributed by atoms with Gasteiger partial charge in [0.05, 0.1) is 11.4 Å². The van der Waals surface area contributed by atoms with E-state index in [-0.39, 0.29) is 5.41 Å². The number of anilines is 1. The zero-order valence-corrected chi connectivity index (χ0v) is 14.5. The Morgan fingerprint density at radius 1 is 1.24 bits per heavy atom. The molecule has 0 aromatic carbocycles. The summed E-state index contributed by atoms with van der Waals surface area (Å²) in [5.41, 5.74) is 5.79. The van der Waals surface area contributed by atoms with E-state index in [4.69, 9.17) is 4.98 Å². The number of hydrogen-bond donors (Lipinski definition) is 2. The van der Waals surface area contributed by atoms with E-state index in [2.05, 4.69) is 19.9 Å². The van der Waals surface area contributed by atoms with Gasteiger partial charge in [-0.3, -0.25) is 4.98 Å². The average Bonchev–Trinajstić information content (AvgIpc) is 3.01. The summed E-state index contributed by atoms with van der Waals surface area (Å²) in [6.45, 7) is 0. The third-order valence-electron chi connectivity index (χ3n) is 5.60. The lowest BCUT2D eigenvalue weighted by Crippen LogP contribution is -2.14. The fraction of sp³-hybridized carbons (Fsp3) is 0.471. The predicted octanol–water partition coefficient (Wildman–Crippen LogP) is 3.01. The number of urea groups is 1. The summed E-state index contributed by atoms with van der Waals surface area (Å²) in [7, 11) is -1.78. The molecule has 3 aliphatic rings. The molecule has 1 saturated carbocycles. The van der Waals surface area contributed by atoms with Gasteiger partial charge < -0.3 is 19.0 Å². The number of fused-ring (bicyclic) bond motifs is 3. The van der Waals surface area contributed by atoms with Crippen molar-refractivity contribution in [3.63, 3.8) is 0 Å². The molecule has 0 radical (unpaired) electrons. The Labute approximate surface area is 146 Å². The molecule has 2 N–H and O–H groups in total. The SMILES string of the molecule is O=C(N=[S-](=O)c1ccn[nH]1)Nc1c2c(nc3c1CCC31CC1)CCC2. The summed E-state index contributed by atoms with van der Waals surface area (Å²) in [6, 6.07) is 0.971.